The van der Waals surface area contributed by atoms with Crippen LogP contribution < -0.4 is 9.47 Å². The monoisotopic (exact) mass is 320 g/mol. The Morgan fingerprint density at radius 1 is 1.19 bits per heavy atom. The third-order valence-electron chi connectivity index (χ3n) is 2.66. The van der Waals surface area contributed by atoms with E-state index < -0.39 is 22.0 Å². The van der Waals surface area contributed by atoms with E-state index in [1.807, 2.05) is 13.8 Å². The second kappa shape index (κ2) is 7.61. The number of ether oxygens (including phenoxy) is 2. The smallest absolute Gasteiger partial charge is 0.264 e. The van der Waals surface area contributed by atoms with Crippen LogP contribution in [0.4, 0.5) is 4.39 Å². The minimum absolute atomic E-state index is 0.00162. The highest BCUT2D eigenvalue weighted by Crippen LogP contribution is 2.24. The van der Waals surface area contributed by atoms with Crippen LogP contribution in [-0.2, 0) is 14.3 Å². The molecular formula is C14H21FO5S. The van der Waals surface area contributed by atoms with Crippen LogP contribution in [0.3, 0.4) is 0 Å². The molecule has 0 bridgehead atoms. The van der Waals surface area contributed by atoms with E-state index in [0.717, 1.165) is 12.7 Å². The van der Waals surface area contributed by atoms with Crippen molar-refractivity contribution in [2.24, 2.45) is 0 Å². The van der Waals surface area contributed by atoms with E-state index in [0.29, 0.717) is 5.75 Å². The molecule has 0 saturated carbocycles. The van der Waals surface area contributed by atoms with Crippen molar-refractivity contribution in [3.63, 3.8) is 0 Å². The first-order valence-electron chi connectivity index (χ1n) is 6.68. The molecule has 0 N–H and O–H groups in total. The SMILES string of the molecule is CCC(C)Oc1ccc(OC(C)COS(C)(=O)=O)c(F)c1. The largest absolute Gasteiger partial charge is 0.491 e. The molecule has 7 heteroatoms. The Morgan fingerprint density at radius 3 is 2.38 bits per heavy atom. The molecule has 21 heavy (non-hydrogen) atoms. The lowest BCUT2D eigenvalue weighted by molar-refractivity contribution is 0.142. The van der Waals surface area contributed by atoms with Gasteiger partial charge in [0.1, 0.15) is 18.5 Å². The van der Waals surface area contributed by atoms with E-state index in [1.54, 1.807) is 13.0 Å². The molecule has 5 nitrogen and oxygen atoms in total. The zero-order chi connectivity index (χ0) is 16.0. The lowest BCUT2D eigenvalue weighted by Crippen LogP contribution is -2.21. The van der Waals surface area contributed by atoms with E-state index >= 15 is 0 Å². The van der Waals surface area contributed by atoms with Crippen LogP contribution in [0, 0.1) is 5.82 Å². The molecule has 0 aliphatic rings. The second-order valence-corrected chi connectivity index (χ2v) is 6.49. The van der Waals surface area contributed by atoms with E-state index in [4.69, 9.17) is 9.47 Å². The topological polar surface area (TPSA) is 61.8 Å². The molecule has 0 aromatic heterocycles. The predicted molar refractivity (Wildman–Crippen MR) is 77.7 cm³/mol. The lowest BCUT2D eigenvalue weighted by Gasteiger charge is -2.16. The van der Waals surface area contributed by atoms with Gasteiger partial charge < -0.3 is 9.47 Å². The summed E-state index contributed by atoms with van der Waals surface area (Å²) in [5, 5.41) is 0. The maximum Gasteiger partial charge on any atom is 0.264 e. The summed E-state index contributed by atoms with van der Waals surface area (Å²) in [5.74, 6) is -0.118. The molecule has 0 saturated heterocycles. The summed E-state index contributed by atoms with van der Waals surface area (Å²) in [6.07, 6.45) is 1.16. The standard InChI is InChI=1S/C14H21FO5S/c1-5-10(2)19-12-6-7-14(13(15)8-12)20-11(3)9-18-21(4,16)17/h6-8,10-11H,5,9H2,1-4H3. The highest BCUT2D eigenvalue weighted by Gasteiger charge is 2.13. The quantitative estimate of drug-likeness (QED) is 0.689. The van der Waals surface area contributed by atoms with Crippen LogP contribution in [0.2, 0.25) is 0 Å². The minimum atomic E-state index is -3.54. The summed E-state index contributed by atoms with van der Waals surface area (Å²) in [6, 6.07) is 4.30. The Bertz CT molecular complexity index is 558. The first-order chi connectivity index (χ1) is 9.71. The van der Waals surface area contributed by atoms with Crippen LogP contribution in [0.5, 0.6) is 11.5 Å². The van der Waals surface area contributed by atoms with Crippen molar-refractivity contribution in [1.82, 2.24) is 0 Å². The Hall–Kier alpha value is -1.34. The summed E-state index contributed by atoms with van der Waals surface area (Å²) >= 11 is 0. The van der Waals surface area contributed by atoms with Gasteiger partial charge >= 0.3 is 0 Å². The fraction of sp³-hybridized carbons (Fsp3) is 0.571. The van der Waals surface area contributed by atoms with Gasteiger partial charge in [-0.05, 0) is 32.4 Å². The fourth-order valence-corrected chi connectivity index (χ4v) is 1.88. The molecule has 0 aliphatic carbocycles. The first-order valence-corrected chi connectivity index (χ1v) is 8.50. The number of benzene rings is 1. The summed E-state index contributed by atoms with van der Waals surface area (Å²) in [7, 11) is -3.54. The zero-order valence-electron chi connectivity index (χ0n) is 12.6. The van der Waals surface area contributed by atoms with Gasteiger partial charge in [0.05, 0.1) is 12.4 Å². The summed E-state index contributed by atoms with van der Waals surface area (Å²) in [4.78, 5) is 0. The maximum atomic E-state index is 13.9. The van der Waals surface area contributed by atoms with Crippen LogP contribution in [0.1, 0.15) is 27.2 Å². The fourth-order valence-electron chi connectivity index (χ4n) is 1.44. The molecule has 120 valence electrons. The average molecular weight is 320 g/mol. The van der Waals surface area contributed by atoms with Gasteiger partial charge in [0, 0.05) is 6.07 Å². The van der Waals surface area contributed by atoms with Gasteiger partial charge in [0.25, 0.3) is 10.1 Å². The van der Waals surface area contributed by atoms with Crippen LogP contribution in [0.15, 0.2) is 18.2 Å². The number of rotatable bonds is 8. The van der Waals surface area contributed by atoms with Crippen molar-refractivity contribution in [2.45, 2.75) is 39.4 Å². The third-order valence-corrected chi connectivity index (χ3v) is 3.22. The van der Waals surface area contributed by atoms with Crippen molar-refractivity contribution >= 4 is 10.1 Å². The first kappa shape index (κ1) is 17.7. The summed E-state index contributed by atoms with van der Waals surface area (Å²) < 4.78 is 51.0. The van der Waals surface area contributed by atoms with Crippen molar-refractivity contribution in [1.29, 1.82) is 0 Å². The van der Waals surface area contributed by atoms with Gasteiger partial charge in [-0.3, -0.25) is 4.18 Å². The van der Waals surface area contributed by atoms with Gasteiger partial charge in [-0.1, -0.05) is 6.92 Å². The van der Waals surface area contributed by atoms with Gasteiger partial charge in [-0.2, -0.15) is 8.42 Å². The van der Waals surface area contributed by atoms with E-state index in [2.05, 4.69) is 4.18 Å². The minimum Gasteiger partial charge on any atom is -0.491 e. The highest BCUT2D eigenvalue weighted by atomic mass is 32.2. The zero-order valence-corrected chi connectivity index (χ0v) is 13.4. The van der Waals surface area contributed by atoms with Crippen molar-refractivity contribution in [3.8, 4) is 11.5 Å². The molecular weight excluding hydrogens is 299 g/mol. The molecule has 0 heterocycles. The van der Waals surface area contributed by atoms with Crippen molar-refractivity contribution < 1.29 is 26.5 Å². The normalized spacial score (nSPS) is 14.5. The van der Waals surface area contributed by atoms with Gasteiger partial charge in [-0.25, -0.2) is 4.39 Å². The van der Waals surface area contributed by atoms with Gasteiger partial charge in [-0.15, -0.1) is 0 Å². The van der Waals surface area contributed by atoms with E-state index in [-0.39, 0.29) is 18.5 Å². The maximum absolute atomic E-state index is 13.9. The van der Waals surface area contributed by atoms with Crippen LogP contribution >= 0.6 is 0 Å². The molecule has 1 aromatic carbocycles. The molecule has 0 fully saturated rings. The highest BCUT2D eigenvalue weighted by molar-refractivity contribution is 7.85. The molecule has 0 spiro atoms. The molecule has 1 rings (SSSR count). The Kier molecular flexibility index (Phi) is 6.42. The Morgan fingerprint density at radius 2 is 1.86 bits per heavy atom. The molecule has 2 unspecified atom stereocenters. The van der Waals surface area contributed by atoms with Gasteiger partial charge in [0.2, 0.25) is 0 Å². The van der Waals surface area contributed by atoms with Crippen LogP contribution in [0.25, 0.3) is 0 Å². The number of hydrogen-bond donors (Lipinski definition) is 0. The van der Waals surface area contributed by atoms with Crippen molar-refractivity contribution in [3.05, 3.63) is 24.0 Å². The average Bonchev–Trinajstić information content (AvgIpc) is 2.38. The lowest BCUT2D eigenvalue weighted by atomic mass is 10.3. The second-order valence-electron chi connectivity index (χ2n) is 4.85. The summed E-state index contributed by atoms with van der Waals surface area (Å²) in [5.41, 5.74) is 0. The molecule has 2 atom stereocenters. The summed E-state index contributed by atoms with van der Waals surface area (Å²) in [6.45, 7) is 5.28. The molecule has 0 amide bonds. The molecule has 0 aliphatic heterocycles. The molecule has 1 aromatic rings. The number of hydrogen-bond acceptors (Lipinski definition) is 5. The number of halogens is 1. The Labute approximate surface area is 125 Å². The predicted octanol–water partition coefficient (Wildman–Crippen LogP) is 2.75. The van der Waals surface area contributed by atoms with E-state index in [1.165, 1.54) is 12.1 Å². The van der Waals surface area contributed by atoms with Crippen molar-refractivity contribution in [2.75, 3.05) is 12.9 Å². The third kappa shape index (κ3) is 6.77. The van der Waals surface area contributed by atoms with Crippen LogP contribution in [-0.4, -0.2) is 33.5 Å². The Balaban J connectivity index is 2.63. The van der Waals surface area contributed by atoms with E-state index in [9.17, 15) is 12.8 Å². The molecule has 0 radical (unpaired) electrons. The van der Waals surface area contributed by atoms with Gasteiger partial charge in [0.15, 0.2) is 11.6 Å².